The Hall–Kier alpha value is -3.81. The van der Waals surface area contributed by atoms with Gasteiger partial charge in [-0.05, 0) is 86.8 Å². The molecule has 0 spiro atoms. The number of oxime groups is 1. The van der Waals surface area contributed by atoms with Gasteiger partial charge in [0.15, 0.2) is 0 Å². The van der Waals surface area contributed by atoms with Crippen molar-refractivity contribution in [3.63, 3.8) is 0 Å². The van der Waals surface area contributed by atoms with E-state index in [4.69, 9.17) is 28.9 Å². The van der Waals surface area contributed by atoms with Crippen LogP contribution >= 0.6 is 0 Å². The van der Waals surface area contributed by atoms with Crippen LogP contribution in [0.4, 0.5) is 0 Å². The van der Waals surface area contributed by atoms with Crippen LogP contribution < -0.4 is 9.47 Å². The number of ether oxygens (including phenoxy) is 4. The SMILES string of the molecule is C=CCO[C@@]12Oc3ccc(OCc4cccc(C)n4)cc3[C@H]3[C@H](CCCCO)[C@@H](CCCCO)C=C(C(=NOC)C[C@@H]1N(CCOCCO)C(=O)CCCCCCCCCCC)[C@H]32. The van der Waals surface area contributed by atoms with Gasteiger partial charge in [0.25, 0.3) is 0 Å². The zero-order chi connectivity index (χ0) is 44.9. The van der Waals surface area contributed by atoms with Gasteiger partial charge in [0.2, 0.25) is 11.7 Å². The molecule has 0 saturated heterocycles. The molecule has 1 aromatic carbocycles. The number of rotatable bonds is 31. The van der Waals surface area contributed by atoms with Gasteiger partial charge in [0.05, 0.1) is 43.8 Å². The topological polar surface area (TPSA) is 152 Å². The Balaban J connectivity index is 1.61. The van der Waals surface area contributed by atoms with Crippen molar-refractivity contribution in [1.29, 1.82) is 0 Å². The number of hydrogen-bond donors (Lipinski definition) is 3. The lowest BCUT2D eigenvalue weighted by Gasteiger charge is -2.60. The molecule has 1 fully saturated rings. The molecule has 2 heterocycles. The summed E-state index contributed by atoms with van der Waals surface area (Å²) < 4.78 is 26.8. The van der Waals surface area contributed by atoms with Gasteiger partial charge in [-0.2, -0.15) is 0 Å². The number of carbonyl (C=O) groups is 1. The number of nitrogens with zero attached hydrogens (tertiary/aromatic N) is 3. The van der Waals surface area contributed by atoms with E-state index in [1.807, 2.05) is 42.2 Å². The highest BCUT2D eigenvalue weighted by Crippen LogP contribution is 2.62. The van der Waals surface area contributed by atoms with E-state index in [2.05, 4.69) is 30.6 Å². The minimum absolute atomic E-state index is 0.00189. The monoisotopic (exact) mass is 876 g/mol. The van der Waals surface area contributed by atoms with E-state index in [0.29, 0.717) is 43.8 Å². The number of amides is 1. The summed E-state index contributed by atoms with van der Waals surface area (Å²) in [4.78, 5) is 27.0. The molecule has 2 aromatic rings. The largest absolute Gasteiger partial charge is 0.487 e. The fraction of sp³-hybridized carbons (Fsp3) is 0.667. The molecule has 1 saturated carbocycles. The highest BCUT2D eigenvalue weighted by molar-refractivity contribution is 6.03. The average Bonchev–Trinajstić information content (AvgIpc) is 3.28. The molecule has 5 rings (SSSR count). The standard InChI is InChI=1S/C51H77N3O9/c1-5-7-8-9-10-11-12-13-14-24-48(58)54(27-32-60-33-30-57)47-36-45(53-59-4)43-34-39(21-15-17-28-55)42(23-16-18-29-56)49-44-35-41(61-37-40-22-19-20-38(3)52-40)25-26-46(44)63-51(47,50(43)49)62-31-6-2/h6,19-20,22,25-26,34-35,39,42,47,49-50,55-57H,2,5,7-18,21,23-24,27-33,36-37H2,1,3-4H3/t39-,42+,47-,49+,50+,51+/m0/s1. The van der Waals surface area contributed by atoms with Crippen LogP contribution in [0.5, 0.6) is 11.5 Å². The molecule has 1 aromatic heterocycles. The van der Waals surface area contributed by atoms with Crippen LogP contribution in [0.3, 0.4) is 0 Å². The molecule has 1 aliphatic heterocycles. The van der Waals surface area contributed by atoms with Gasteiger partial charge in [0.1, 0.15) is 31.3 Å². The molecular weight excluding hydrogens is 799 g/mol. The molecular formula is C51H77N3O9. The first-order valence-corrected chi connectivity index (χ1v) is 24.0. The van der Waals surface area contributed by atoms with Crippen molar-refractivity contribution < 1.29 is 43.9 Å². The molecule has 12 heteroatoms. The Kier molecular flexibility index (Phi) is 21.4. The first kappa shape index (κ1) is 50.2. The zero-order valence-electron chi connectivity index (χ0n) is 38.5. The molecule has 2 aliphatic carbocycles. The minimum Gasteiger partial charge on any atom is -0.487 e. The van der Waals surface area contributed by atoms with Gasteiger partial charge < -0.3 is 44.0 Å². The normalized spacial score (nSPS) is 23.0. The number of unbranched alkanes of at least 4 members (excludes halogenated alkanes) is 10. The highest BCUT2D eigenvalue weighted by atomic mass is 16.7. The maximum Gasteiger partial charge on any atom is 0.239 e. The molecule has 0 unspecified atom stereocenters. The average molecular weight is 876 g/mol. The lowest BCUT2D eigenvalue weighted by Crippen LogP contribution is -2.70. The number of benzene rings is 1. The van der Waals surface area contributed by atoms with Crippen LogP contribution in [-0.2, 0) is 25.7 Å². The van der Waals surface area contributed by atoms with E-state index >= 15 is 0 Å². The molecule has 0 radical (unpaired) electrons. The number of fused-ring (bicyclic) bond motifs is 2. The lowest BCUT2D eigenvalue weighted by atomic mass is 9.55. The predicted molar refractivity (Wildman–Crippen MR) is 247 cm³/mol. The first-order valence-electron chi connectivity index (χ1n) is 24.0. The molecule has 6 atom stereocenters. The summed E-state index contributed by atoms with van der Waals surface area (Å²) in [5, 5.41) is 34.2. The molecule has 63 heavy (non-hydrogen) atoms. The number of aliphatic hydroxyl groups is 3. The van der Waals surface area contributed by atoms with Crippen LogP contribution in [-0.4, -0.2) is 102 Å². The second kappa shape index (κ2) is 26.9. The number of hydrogen-bond acceptors (Lipinski definition) is 11. The van der Waals surface area contributed by atoms with Gasteiger partial charge in [0, 0.05) is 49.8 Å². The van der Waals surface area contributed by atoms with Gasteiger partial charge in [-0.15, -0.1) is 6.58 Å². The summed E-state index contributed by atoms with van der Waals surface area (Å²) in [6.07, 6.45) is 19.8. The summed E-state index contributed by atoms with van der Waals surface area (Å²) >= 11 is 0. The van der Waals surface area contributed by atoms with E-state index in [0.717, 1.165) is 73.2 Å². The van der Waals surface area contributed by atoms with Crippen molar-refractivity contribution in [1.82, 2.24) is 9.88 Å². The van der Waals surface area contributed by atoms with Gasteiger partial charge >= 0.3 is 0 Å². The molecule has 0 bridgehead atoms. The third-order valence-corrected chi connectivity index (χ3v) is 13.1. The molecule has 3 aliphatic rings. The quantitative estimate of drug-likeness (QED) is 0.0380. The van der Waals surface area contributed by atoms with Crippen LogP contribution in [0, 0.1) is 24.7 Å². The second-order valence-electron chi connectivity index (χ2n) is 17.5. The van der Waals surface area contributed by atoms with Crippen LogP contribution in [0.2, 0.25) is 0 Å². The predicted octanol–water partition coefficient (Wildman–Crippen LogP) is 8.99. The van der Waals surface area contributed by atoms with Crippen molar-refractivity contribution in [2.24, 2.45) is 22.9 Å². The molecule has 350 valence electrons. The molecule has 12 nitrogen and oxygen atoms in total. The minimum atomic E-state index is -1.35. The zero-order valence-corrected chi connectivity index (χ0v) is 38.5. The van der Waals surface area contributed by atoms with Crippen molar-refractivity contribution in [2.45, 2.75) is 147 Å². The number of pyridine rings is 1. The smallest absolute Gasteiger partial charge is 0.239 e. The van der Waals surface area contributed by atoms with Crippen LogP contribution in [0.1, 0.15) is 139 Å². The van der Waals surface area contributed by atoms with Crippen molar-refractivity contribution in [3.8, 4) is 11.5 Å². The van der Waals surface area contributed by atoms with Gasteiger partial charge in [-0.25, -0.2) is 0 Å². The molecule has 3 N–H and O–H groups in total. The first-order chi connectivity index (χ1) is 30.8. The fourth-order valence-corrected chi connectivity index (χ4v) is 10.2. The van der Waals surface area contributed by atoms with E-state index in [1.165, 1.54) is 38.5 Å². The summed E-state index contributed by atoms with van der Waals surface area (Å²) in [5.41, 5.74) is 4.49. The highest BCUT2D eigenvalue weighted by Gasteiger charge is 2.65. The van der Waals surface area contributed by atoms with Crippen molar-refractivity contribution >= 4 is 11.6 Å². The maximum atomic E-state index is 14.8. The van der Waals surface area contributed by atoms with Gasteiger partial charge in [-0.1, -0.05) is 94.5 Å². The maximum absolute atomic E-state index is 14.8. The second-order valence-corrected chi connectivity index (χ2v) is 17.5. The number of aryl methyl sites for hydroxylation is 1. The third kappa shape index (κ3) is 13.6. The number of carbonyl (C=O) groups excluding carboxylic acids is 1. The Morgan fingerprint density at radius 2 is 1.70 bits per heavy atom. The summed E-state index contributed by atoms with van der Waals surface area (Å²) in [6, 6.07) is 11.3. The number of aliphatic hydroxyl groups excluding tert-OH is 3. The van der Waals surface area contributed by atoms with Crippen LogP contribution in [0.15, 0.2) is 65.9 Å². The summed E-state index contributed by atoms with van der Waals surface area (Å²) in [7, 11) is 1.56. The van der Waals surface area contributed by atoms with Crippen LogP contribution in [0.25, 0.3) is 0 Å². The van der Waals surface area contributed by atoms with Crippen molar-refractivity contribution in [2.75, 3.05) is 53.3 Å². The van der Waals surface area contributed by atoms with E-state index in [-0.39, 0.29) is 69.8 Å². The van der Waals surface area contributed by atoms with E-state index in [9.17, 15) is 20.1 Å². The molecule has 1 amide bonds. The summed E-state index contributed by atoms with van der Waals surface area (Å²) in [5.74, 6) is -0.364. The lowest BCUT2D eigenvalue weighted by molar-refractivity contribution is -0.258. The Morgan fingerprint density at radius 1 is 0.952 bits per heavy atom. The summed E-state index contributed by atoms with van der Waals surface area (Å²) in [6.45, 7) is 9.53. The van der Waals surface area contributed by atoms with E-state index in [1.54, 1.807) is 13.2 Å². The van der Waals surface area contributed by atoms with Crippen molar-refractivity contribution in [3.05, 3.63) is 77.7 Å². The Labute approximate surface area is 377 Å². The Morgan fingerprint density at radius 3 is 2.40 bits per heavy atom. The number of allylic oxidation sites excluding steroid dienone is 1. The Bertz CT molecular complexity index is 1750. The third-order valence-electron chi connectivity index (χ3n) is 13.1. The van der Waals surface area contributed by atoms with Gasteiger partial charge in [-0.3, -0.25) is 9.78 Å². The fourth-order valence-electron chi connectivity index (χ4n) is 10.2. The number of aromatic nitrogens is 1. The van der Waals surface area contributed by atoms with E-state index < -0.39 is 17.7 Å².